The molecule has 2 heterocycles. The lowest BCUT2D eigenvalue weighted by molar-refractivity contribution is -0.113. The first-order valence-corrected chi connectivity index (χ1v) is 10.9. The number of hydrogen-bond donors (Lipinski definition) is 7. The first-order valence-electron chi connectivity index (χ1n) is 10.4. The third-order valence-electron chi connectivity index (χ3n) is 5.08. The normalized spacial score (nSPS) is 20.8. The second kappa shape index (κ2) is 10.7. The monoisotopic (exact) mass is 454 g/mol. The van der Waals surface area contributed by atoms with Crippen LogP contribution in [0.5, 0.6) is 0 Å². The van der Waals surface area contributed by atoms with Crippen LogP contribution >= 0.6 is 11.6 Å². The summed E-state index contributed by atoms with van der Waals surface area (Å²) in [4.78, 5) is 16.0. The second-order valence-electron chi connectivity index (χ2n) is 7.37. The molecule has 9 nitrogen and oxygen atoms in total. The number of benzene rings is 2. The van der Waals surface area contributed by atoms with Crippen molar-refractivity contribution < 1.29 is 4.79 Å². The summed E-state index contributed by atoms with van der Waals surface area (Å²) in [7, 11) is 1.88. The van der Waals surface area contributed by atoms with Crippen LogP contribution in [0.3, 0.4) is 0 Å². The summed E-state index contributed by atoms with van der Waals surface area (Å²) in [6.45, 7) is 0.594. The average Bonchev–Trinajstić information content (AvgIpc) is 2.83. The van der Waals surface area contributed by atoms with Gasteiger partial charge in [0.25, 0.3) is 0 Å². The molecule has 0 bridgehead atoms. The molecule has 1 aliphatic rings. The minimum absolute atomic E-state index is 0.0715. The van der Waals surface area contributed by atoms with Crippen LogP contribution in [0.4, 0.5) is 11.4 Å². The number of rotatable bonds is 8. The predicted octanol–water partition coefficient (Wildman–Crippen LogP) is 1.47. The van der Waals surface area contributed by atoms with Gasteiger partial charge in [-0.1, -0.05) is 18.2 Å². The van der Waals surface area contributed by atoms with Gasteiger partial charge in [-0.3, -0.25) is 36.4 Å². The standard InChI is InChI=1S/C22H27ClN8O/c1-24-20-29-21(26-13-14-5-2-6-15(11-14)27-19(32)12-23)31-22(30-20)28-18-9-3-8-17-16(18)7-4-10-25-17/h2-11,20-22,24,26,28-31H,12-13H2,1H3,(H,27,32). The van der Waals surface area contributed by atoms with Crippen LogP contribution in [0.1, 0.15) is 5.56 Å². The van der Waals surface area contributed by atoms with Gasteiger partial charge in [0, 0.05) is 29.5 Å². The van der Waals surface area contributed by atoms with Crippen LogP contribution in [0.25, 0.3) is 10.9 Å². The fraction of sp³-hybridized carbons (Fsp3) is 0.273. The quantitative estimate of drug-likeness (QED) is 0.256. The van der Waals surface area contributed by atoms with Gasteiger partial charge in [0.15, 0.2) is 0 Å². The average molecular weight is 455 g/mol. The lowest BCUT2D eigenvalue weighted by atomic mass is 10.2. The van der Waals surface area contributed by atoms with Crippen molar-refractivity contribution in [3.05, 3.63) is 66.4 Å². The number of alkyl halides is 1. The van der Waals surface area contributed by atoms with Crippen molar-refractivity contribution in [3.63, 3.8) is 0 Å². The molecule has 1 amide bonds. The maximum Gasteiger partial charge on any atom is 0.239 e. The Labute approximate surface area is 191 Å². The molecule has 3 atom stereocenters. The number of pyridine rings is 1. The Morgan fingerprint density at radius 2 is 1.84 bits per heavy atom. The molecule has 3 aromatic rings. The topological polar surface area (TPSA) is 114 Å². The highest BCUT2D eigenvalue weighted by atomic mass is 35.5. The molecule has 1 fully saturated rings. The maximum absolute atomic E-state index is 11.5. The molecule has 2 aromatic carbocycles. The molecule has 1 aromatic heterocycles. The third-order valence-corrected chi connectivity index (χ3v) is 5.32. The Morgan fingerprint density at radius 3 is 2.69 bits per heavy atom. The number of nitrogens with one attached hydrogen (secondary N) is 7. The Hall–Kier alpha value is -2.79. The number of hydrogen-bond acceptors (Lipinski definition) is 8. The number of nitrogens with zero attached hydrogens (tertiary/aromatic N) is 1. The van der Waals surface area contributed by atoms with Gasteiger partial charge >= 0.3 is 0 Å². The number of aromatic nitrogens is 1. The van der Waals surface area contributed by atoms with Crippen LogP contribution in [0.15, 0.2) is 60.8 Å². The van der Waals surface area contributed by atoms with Crippen molar-refractivity contribution in [2.75, 3.05) is 23.6 Å². The highest BCUT2D eigenvalue weighted by Gasteiger charge is 2.25. The first-order chi connectivity index (χ1) is 15.6. The van der Waals surface area contributed by atoms with E-state index in [2.05, 4.69) is 42.2 Å². The Balaban J connectivity index is 1.40. The number of fused-ring (bicyclic) bond motifs is 1. The molecule has 7 N–H and O–H groups in total. The van der Waals surface area contributed by atoms with Crippen LogP contribution in [0.2, 0.25) is 0 Å². The SMILES string of the molecule is CNC1NC(NCc2cccc(NC(=O)CCl)c2)NC(Nc2cccc3ncccc23)N1. The minimum atomic E-state index is -0.229. The summed E-state index contributed by atoms with van der Waals surface area (Å²) < 4.78 is 0. The first kappa shape index (κ1) is 22.4. The second-order valence-corrected chi connectivity index (χ2v) is 7.64. The fourth-order valence-corrected chi connectivity index (χ4v) is 3.64. The summed E-state index contributed by atoms with van der Waals surface area (Å²) in [5.74, 6) is -0.300. The van der Waals surface area contributed by atoms with Gasteiger partial charge in [-0.05, 0) is 49.0 Å². The Bertz CT molecular complexity index is 1060. The van der Waals surface area contributed by atoms with Crippen molar-refractivity contribution in [2.45, 2.75) is 25.4 Å². The molecule has 32 heavy (non-hydrogen) atoms. The largest absolute Gasteiger partial charge is 0.357 e. The van der Waals surface area contributed by atoms with Gasteiger partial charge in [-0.25, -0.2) is 0 Å². The lowest BCUT2D eigenvalue weighted by Crippen LogP contribution is -2.75. The van der Waals surface area contributed by atoms with E-state index in [1.54, 1.807) is 6.20 Å². The van der Waals surface area contributed by atoms with E-state index in [0.29, 0.717) is 6.54 Å². The molecular formula is C22H27ClN8O. The van der Waals surface area contributed by atoms with Crippen LogP contribution < -0.4 is 37.2 Å². The molecular weight excluding hydrogens is 428 g/mol. The highest BCUT2D eigenvalue weighted by Crippen LogP contribution is 2.21. The third kappa shape index (κ3) is 5.71. The number of anilines is 2. The number of carbonyl (C=O) groups is 1. The maximum atomic E-state index is 11.5. The van der Waals surface area contributed by atoms with E-state index in [1.807, 2.05) is 61.6 Å². The highest BCUT2D eigenvalue weighted by molar-refractivity contribution is 6.29. The molecule has 168 valence electrons. The van der Waals surface area contributed by atoms with Crippen molar-refractivity contribution >= 4 is 39.8 Å². The number of carbonyl (C=O) groups excluding carboxylic acids is 1. The summed E-state index contributed by atoms with van der Waals surface area (Å²) >= 11 is 5.57. The molecule has 10 heteroatoms. The summed E-state index contributed by atoms with van der Waals surface area (Å²) in [6.07, 6.45) is 1.29. The minimum Gasteiger partial charge on any atom is -0.357 e. The van der Waals surface area contributed by atoms with Crippen molar-refractivity contribution in [1.82, 2.24) is 31.6 Å². The van der Waals surface area contributed by atoms with E-state index in [4.69, 9.17) is 11.6 Å². The van der Waals surface area contributed by atoms with Gasteiger partial charge in [0.2, 0.25) is 5.91 Å². The molecule has 0 aliphatic carbocycles. The van der Waals surface area contributed by atoms with Crippen molar-refractivity contribution in [1.29, 1.82) is 0 Å². The van der Waals surface area contributed by atoms with Crippen LogP contribution in [-0.2, 0) is 11.3 Å². The van der Waals surface area contributed by atoms with Crippen LogP contribution in [-0.4, -0.2) is 42.7 Å². The number of amides is 1. The van der Waals surface area contributed by atoms with E-state index < -0.39 is 0 Å². The summed E-state index contributed by atoms with van der Waals surface area (Å²) in [5.41, 5.74) is 3.68. The molecule has 3 unspecified atom stereocenters. The molecule has 0 spiro atoms. The van der Waals surface area contributed by atoms with Gasteiger partial charge in [-0.2, -0.15) is 0 Å². The molecule has 1 aliphatic heterocycles. The zero-order valence-electron chi connectivity index (χ0n) is 17.7. The Kier molecular flexibility index (Phi) is 7.48. The number of halogens is 1. The van der Waals surface area contributed by atoms with E-state index in [-0.39, 0.29) is 30.7 Å². The van der Waals surface area contributed by atoms with E-state index in [0.717, 1.165) is 27.8 Å². The zero-order chi connectivity index (χ0) is 22.3. The van der Waals surface area contributed by atoms with E-state index >= 15 is 0 Å². The van der Waals surface area contributed by atoms with E-state index in [1.165, 1.54) is 0 Å². The van der Waals surface area contributed by atoms with Gasteiger partial charge in [-0.15, -0.1) is 11.6 Å². The smallest absolute Gasteiger partial charge is 0.239 e. The fourth-order valence-electron chi connectivity index (χ4n) is 3.57. The zero-order valence-corrected chi connectivity index (χ0v) is 18.4. The Morgan fingerprint density at radius 1 is 1.03 bits per heavy atom. The molecule has 0 radical (unpaired) electrons. The van der Waals surface area contributed by atoms with Gasteiger partial charge in [0.05, 0.1) is 5.52 Å². The van der Waals surface area contributed by atoms with Crippen molar-refractivity contribution in [2.24, 2.45) is 0 Å². The molecule has 1 saturated heterocycles. The molecule has 0 saturated carbocycles. The van der Waals surface area contributed by atoms with Gasteiger partial charge in [0.1, 0.15) is 24.7 Å². The summed E-state index contributed by atoms with van der Waals surface area (Å²) in [5, 5.41) is 24.3. The molecule has 4 rings (SSSR count). The van der Waals surface area contributed by atoms with Crippen LogP contribution in [0, 0.1) is 0 Å². The van der Waals surface area contributed by atoms with E-state index in [9.17, 15) is 4.79 Å². The van der Waals surface area contributed by atoms with Crippen molar-refractivity contribution in [3.8, 4) is 0 Å². The predicted molar refractivity (Wildman–Crippen MR) is 128 cm³/mol. The summed E-state index contributed by atoms with van der Waals surface area (Å²) in [6, 6.07) is 17.7. The lowest BCUT2D eigenvalue weighted by Gasteiger charge is -2.39. The van der Waals surface area contributed by atoms with Gasteiger partial charge < -0.3 is 10.6 Å².